The van der Waals surface area contributed by atoms with Gasteiger partial charge in [0.2, 0.25) is 0 Å². The average Bonchev–Trinajstić information content (AvgIpc) is 3.34. The number of carbonyl (C=O) groups is 1. The highest BCUT2D eigenvalue weighted by molar-refractivity contribution is 7.98. The molecular weight excluding hydrogens is 390 g/mol. The summed E-state index contributed by atoms with van der Waals surface area (Å²) in [6.07, 6.45) is 7.69. The summed E-state index contributed by atoms with van der Waals surface area (Å²) in [4.78, 5) is 27.0. The maximum Gasteiger partial charge on any atom is 0.273 e. The van der Waals surface area contributed by atoms with Crippen molar-refractivity contribution < 1.29 is 4.79 Å². The molecular formula is C20H25N5OS2. The van der Waals surface area contributed by atoms with E-state index in [2.05, 4.69) is 34.3 Å². The molecule has 4 rings (SSSR count). The van der Waals surface area contributed by atoms with Gasteiger partial charge in [0.05, 0.1) is 16.5 Å². The maximum atomic E-state index is 12.5. The fourth-order valence-corrected chi connectivity index (χ4v) is 5.38. The van der Waals surface area contributed by atoms with Gasteiger partial charge in [0, 0.05) is 44.8 Å². The van der Waals surface area contributed by atoms with E-state index in [9.17, 15) is 4.79 Å². The van der Waals surface area contributed by atoms with E-state index in [1.165, 1.54) is 9.60 Å². The van der Waals surface area contributed by atoms with Crippen molar-refractivity contribution in [2.75, 3.05) is 37.8 Å². The second-order valence-corrected chi connectivity index (χ2v) is 9.20. The van der Waals surface area contributed by atoms with Crippen LogP contribution in [0.5, 0.6) is 0 Å². The first-order valence-corrected chi connectivity index (χ1v) is 11.5. The van der Waals surface area contributed by atoms with Gasteiger partial charge in [0.25, 0.3) is 5.91 Å². The van der Waals surface area contributed by atoms with Gasteiger partial charge in [-0.15, -0.1) is 11.8 Å². The molecule has 1 aliphatic heterocycles. The van der Waals surface area contributed by atoms with Crippen LogP contribution in [0.1, 0.15) is 23.3 Å². The zero-order chi connectivity index (χ0) is 19.7. The van der Waals surface area contributed by atoms with Crippen LogP contribution in [-0.2, 0) is 7.05 Å². The molecule has 0 unspecified atom stereocenters. The molecule has 0 bridgehead atoms. The first kappa shape index (κ1) is 19.3. The summed E-state index contributed by atoms with van der Waals surface area (Å²) >= 11 is 3.53. The first-order chi connectivity index (χ1) is 13.5. The van der Waals surface area contributed by atoms with Crippen molar-refractivity contribution in [1.29, 1.82) is 0 Å². The quantitative estimate of drug-likeness (QED) is 0.594. The topological polar surface area (TPSA) is 54.3 Å². The molecule has 0 spiro atoms. The lowest BCUT2D eigenvalue weighted by molar-refractivity contribution is 0.0759. The van der Waals surface area contributed by atoms with Crippen LogP contribution >= 0.6 is 23.1 Å². The summed E-state index contributed by atoms with van der Waals surface area (Å²) in [5, 5.41) is 1.12. The molecule has 8 heteroatoms. The molecule has 1 aliphatic rings. The van der Waals surface area contributed by atoms with Crippen molar-refractivity contribution in [2.45, 2.75) is 17.7 Å². The van der Waals surface area contributed by atoms with E-state index in [1.54, 1.807) is 40.2 Å². The lowest BCUT2D eigenvalue weighted by Crippen LogP contribution is -2.39. The van der Waals surface area contributed by atoms with Gasteiger partial charge >= 0.3 is 0 Å². The van der Waals surface area contributed by atoms with Crippen LogP contribution in [0.3, 0.4) is 0 Å². The number of aromatic nitrogens is 3. The van der Waals surface area contributed by atoms with Gasteiger partial charge in [0.1, 0.15) is 5.69 Å². The number of para-hydroxylation sites is 1. The number of fused-ring (bicyclic) bond motifs is 1. The van der Waals surface area contributed by atoms with Crippen molar-refractivity contribution in [3.63, 3.8) is 0 Å². The number of benzene rings is 1. The van der Waals surface area contributed by atoms with Gasteiger partial charge in [-0.2, -0.15) is 0 Å². The Morgan fingerprint density at radius 2 is 2.14 bits per heavy atom. The number of thioether (sulfide) groups is 1. The number of aryl methyl sites for hydroxylation is 1. The van der Waals surface area contributed by atoms with Gasteiger partial charge < -0.3 is 14.4 Å². The van der Waals surface area contributed by atoms with E-state index in [0.29, 0.717) is 11.6 Å². The molecule has 0 aliphatic carbocycles. The number of thiazole rings is 1. The molecule has 148 valence electrons. The van der Waals surface area contributed by atoms with Gasteiger partial charge in [-0.05, 0) is 37.1 Å². The number of carbonyl (C=O) groups excluding carboxylic acids is 1. The Morgan fingerprint density at radius 1 is 1.36 bits per heavy atom. The highest BCUT2D eigenvalue weighted by Gasteiger charge is 2.25. The van der Waals surface area contributed by atoms with Crippen molar-refractivity contribution in [3.05, 3.63) is 36.4 Å². The minimum atomic E-state index is -0.00111. The van der Waals surface area contributed by atoms with Crippen LogP contribution in [0.4, 0.5) is 5.13 Å². The van der Waals surface area contributed by atoms with Crippen LogP contribution in [-0.4, -0.2) is 58.3 Å². The third-order valence-electron chi connectivity index (χ3n) is 5.28. The summed E-state index contributed by atoms with van der Waals surface area (Å²) in [5.41, 5.74) is 1.64. The van der Waals surface area contributed by atoms with E-state index in [-0.39, 0.29) is 5.91 Å². The van der Waals surface area contributed by atoms with Crippen molar-refractivity contribution in [3.8, 4) is 0 Å². The Hall–Kier alpha value is -2.06. The lowest BCUT2D eigenvalue weighted by Gasteiger charge is -2.33. The second kappa shape index (κ2) is 8.13. The molecule has 0 saturated carbocycles. The fraction of sp³-hybridized carbons (Fsp3) is 0.450. The Morgan fingerprint density at radius 3 is 2.82 bits per heavy atom. The van der Waals surface area contributed by atoms with Crippen molar-refractivity contribution in [1.82, 2.24) is 19.4 Å². The van der Waals surface area contributed by atoms with E-state index in [1.807, 2.05) is 19.0 Å². The fourth-order valence-electron chi connectivity index (χ4n) is 3.71. The average molecular weight is 416 g/mol. The SMILES string of the molecule is CSc1cccc2sc(N3CCC(CN(C)C(=O)c4cn(C)cn4)CC3)nc12. The molecule has 0 N–H and O–H groups in total. The van der Waals surface area contributed by atoms with Crippen molar-refractivity contribution in [2.24, 2.45) is 13.0 Å². The third kappa shape index (κ3) is 3.89. The van der Waals surface area contributed by atoms with Crippen LogP contribution in [0, 0.1) is 5.92 Å². The minimum Gasteiger partial charge on any atom is -0.348 e. The summed E-state index contributed by atoms with van der Waals surface area (Å²) in [6, 6.07) is 6.40. The van der Waals surface area contributed by atoms with E-state index in [4.69, 9.17) is 4.98 Å². The Bertz CT molecular complexity index is 974. The number of anilines is 1. The number of hydrogen-bond donors (Lipinski definition) is 0. The third-order valence-corrected chi connectivity index (χ3v) is 7.13. The molecule has 3 heterocycles. The standard InChI is InChI=1S/C20H25N5OS2/c1-23-12-15(21-13-23)19(26)24(2)11-14-7-9-25(10-8-14)20-22-18-16(27-3)5-4-6-17(18)28-20/h4-6,12-14H,7-11H2,1-3H3. The van der Waals surface area contributed by atoms with Crippen molar-refractivity contribution >= 4 is 44.4 Å². The summed E-state index contributed by atoms with van der Waals surface area (Å²) in [5.74, 6) is 0.517. The monoisotopic (exact) mass is 415 g/mol. The lowest BCUT2D eigenvalue weighted by atomic mass is 9.96. The van der Waals surface area contributed by atoms with E-state index >= 15 is 0 Å². The van der Waals surface area contributed by atoms with E-state index < -0.39 is 0 Å². The van der Waals surface area contributed by atoms with Gasteiger partial charge in [-0.25, -0.2) is 9.97 Å². The Labute approximate surface area is 173 Å². The molecule has 2 aromatic heterocycles. The second-order valence-electron chi connectivity index (χ2n) is 7.34. The Kier molecular flexibility index (Phi) is 5.59. The first-order valence-electron chi connectivity index (χ1n) is 9.47. The summed E-state index contributed by atoms with van der Waals surface area (Å²) < 4.78 is 3.06. The molecule has 28 heavy (non-hydrogen) atoms. The number of nitrogens with zero attached hydrogens (tertiary/aromatic N) is 5. The maximum absolute atomic E-state index is 12.5. The minimum absolute atomic E-state index is 0.00111. The summed E-state index contributed by atoms with van der Waals surface area (Å²) in [7, 11) is 3.75. The molecule has 1 saturated heterocycles. The normalized spacial score (nSPS) is 15.3. The van der Waals surface area contributed by atoms with Crippen LogP contribution < -0.4 is 4.90 Å². The number of piperidine rings is 1. The predicted octanol–water partition coefficient (Wildman–Crippen LogP) is 3.74. The van der Waals surface area contributed by atoms with Crippen LogP contribution in [0.25, 0.3) is 10.2 Å². The predicted molar refractivity (Wildman–Crippen MR) is 117 cm³/mol. The van der Waals surface area contributed by atoms with E-state index in [0.717, 1.165) is 43.1 Å². The number of amides is 1. The molecule has 1 amide bonds. The largest absolute Gasteiger partial charge is 0.348 e. The van der Waals surface area contributed by atoms with Crippen LogP contribution in [0.2, 0.25) is 0 Å². The van der Waals surface area contributed by atoms with Crippen LogP contribution in [0.15, 0.2) is 35.6 Å². The van der Waals surface area contributed by atoms with Gasteiger partial charge in [-0.1, -0.05) is 17.4 Å². The molecule has 1 aromatic carbocycles. The Balaban J connectivity index is 1.36. The smallest absolute Gasteiger partial charge is 0.273 e. The summed E-state index contributed by atoms with van der Waals surface area (Å²) in [6.45, 7) is 2.76. The van der Waals surface area contributed by atoms with Gasteiger partial charge in [0.15, 0.2) is 5.13 Å². The molecule has 0 radical (unpaired) electrons. The van der Waals surface area contributed by atoms with Gasteiger partial charge in [-0.3, -0.25) is 4.79 Å². The highest BCUT2D eigenvalue weighted by Crippen LogP contribution is 2.35. The molecule has 3 aromatic rings. The number of rotatable bonds is 5. The molecule has 6 nitrogen and oxygen atoms in total. The molecule has 1 fully saturated rings. The number of hydrogen-bond acceptors (Lipinski definition) is 6. The number of imidazole rings is 1. The zero-order valence-corrected chi connectivity index (χ0v) is 18.1. The zero-order valence-electron chi connectivity index (χ0n) is 16.5. The molecule has 0 atom stereocenters. The highest BCUT2D eigenvalue weighted by atomic mass is 32.2.